The fraction of sp³-hybridized carbons (Fsp3) is 0.500. The van der Waals surface area contributed by atoms with E-state index in [9.17, 15) is 9.59 Å². The summed E-state index contributed by atoms with van der Waals surface area (Å²) >= 11 is 0. The van der Waals surface area contributed by atoms with Crippen molar-refractivity contribution in [1.29, 1.82) is 0 Å². The number of carbonyl (C=O) groups is 2. The number of carboxylic acids is 1. The summed E-state index contributed by atoms with van der Waals surface area (Å²) in [5.74, 6) is -0.832. The van der Waals surface area contributed by atoms with Crippen LogP contribution in [0.2, 0.25) is 0 Å². The minimum atomic E-state index is -1.02. The van der Waals surface area contributed by atoms with E-state index < -0.39 is 12.0 Å². The second kappa shape index (κ2) is 6.72. The van der Waals surface area contributed by atoms with Crippen LogP contribution in [0, 0.1) is 6.92 Å². The lowest BCUT2D eigenvalue weighted by Gasteiger charge is -2.27. The first-order valence-corrected chi connectivity index (χ1v) is 6.82. The highest BCUT2D eigenvalue weighted by molar-refractivity contribution is 6.04. The van der Waals surface area contributed by atoms with Gasteiger partial charge in [-0.05, 0) is 39.8 Å². The maximum absolute atomic E-state index is 12.7. The summed E-state index contributed by atoms with van der Waals surface area (Å²) < 4.78 is 5.21. The van der Waals surface area contributed by atoms with Crippen LogP contribution in [0.3, 0.4) is 0 Å². The van der Waals surface area contributed by atoms with Crippen LogP contribution in [0.1, 0.15) is 43.1 Å². The van der Waals surface area contributed by atoms with Gasteiger partial charge in [0.15, 0.2) is 5.78 Å². The monoisotopic (exact) mass is 293 g/mol. The smallest absolute Gasteiger partial charge is 0.305 e. The van der Waals surface area contributed by atoms with Crippen molar-refractivity contribution in [2.45, 2.75) is 45.7 Å². The van der Waals surface area contributed by atoms with Crippen LogP contribution in [-0.4, -0.2) is 35.5 Å². The molecule has 0 bridgehead atoms. The summed E-state index contributed by atoms with van der Waals surface area (Å²) in [5, 5.41) is 12.1. The van der Waals surface area contributed by atoms with E-state index in [0.717, 1.165) is 5.56 Å². The Balaban J connectivity index is 3.15. The van der Waals surface area contributed by atoms with E-state index >= 15 is 0 Å². The predicted molar refractivity (Wildman–Crippen MR) is 81.0 cm³/mol. The number of nitrogens with one attached hydrogen (secondary N) is 1. The van der Waals surface area contributed by atoms with E-state index in [0.29, 0.717) is 11.3 Å². The van der Waals surface area contributed by atoms with Crippen LogP contribution in [0.25, 0.3) is 0 Å². The lowest BCUT2D eigenvalue weighted by atomic mass is 9.96. The maximum Gasteiger partial charge on any atom is 0.305 e. The molecule has 116 valence electrons. The van der Waals surface area contributed by atoms with Gasteiger partial charge in [0.05, 0.1) is 25.1 Å². The molecule has 1 unspecified atom stereocenters. The van der Waals surface area contributed by atoms with Gasteiger partial charge in [0.2, 0.25) is 0 Å². The number of aliphatic carboxylic acids is 1. The molecule has 1 aromatic carbocycles. The number of carboxylic acid groups (broad SMARTS) is 1. The van der Waals surface area contributed by atoms with Gasteiger partial charge in [0.25, 0.3) is 0 Å². The zero-order valence-corrected chi connectivity index (χ0v) is 13.2. The van der Waals surface area contributed by atoms with E-state index in [4.69, 9.17) is 9.84 Å². The minimum absolute atomic E-state index is 0.270. The van der Waals surface area contributed by atoms with Gasteiger partial charge >= 0.3 is 5.97 Å². The molecular formula is C16H23NO4. The topological polar surface area (TPSA) is 75.6 Å². The average molecular weight is 293 g/mol. The van der Waals surface area contributed by atoms with E-state index in [1.807, 2.05) is 33.8 Å². The zero-order valence-electron chi connectivity index (χ0n) is 13.2. The number of hydrogen-bond donors (Lipinski definition) is 2. The number of benzene rings is 1. The fourth-order valence-electron chi connectivity index (χ4n) is 2.11. The maximum atomic E-state index is 12.7. The molecule has 0 radical (unpaired) electrons. The van der Waals surface area contributed by atoms with Crippen LogP contribution >= 0.6 is 0 Å². The lowest BCUT2D eigenvalue weighted by Crippen LogP contribution is -2.48. The van der Waals surface area contributed by atoms with Crippen LogP contribution in [-0.2, 0) is 4.79 Å². The third-order valence-corrected chi connectivity index (χ3v) is 2.92. The number of rotatable bonds is 6. The highest BCUT2D eigenvalue weighted by Crippen LogP contribution is 2.22. The van der Waals surface area contributed by atoms with Crippen molar-refractivity contribution in [2.24, 2.45) is 0 Å². The molecule has 2 N–H and O–H groups in total. The first kappa shape index (κ1) is 17.2. The fourth-order valence-corrected chi connectivity index (χ4v) is 2.11. The molecule has 0 heterocycles. The van der Waals surface area contributed by atoms with Crippen molar-refractivity contribution in [3.8, 4) is 5.75 Å². The molecule has 0 aliphatic carbocycles. The predicted octanol–water partition coefficient (Wildman–Crippen LogP) is 2.42. The summed E-state index contributed by atoms with van der Waals surface area (Å²) in [6, 6.07) is 4.50. The number of ether oxygens (including phenoxy) is 1. The average Bonchev–Trinajstić information content (AvgIpc) is 2.34. The normalized spacial score (nSPS) is 12.8. The molecule has 0 amide bonds. The second-order valence-electron chi connectivity index (χ2n) is 6.11. The van der Waals surface area contributed by atoms with Gasteiger partial charge in [-0.15, -0.1) is 0 Å². The molecule has 1 rings (SSSR count). The van der Waals surface area contributed by atoms with Gasteiger partial charge in [-0.25, -0.2) is 0 Å². The molecule has 0 spiro atoms. The SMILES string of the molecule is COc1ccc(C)cc1C(=O)C(CC(=O)O)NC(C)(C)C. The Bertz CT molecular complexity index is 532. The Hall–Kier alpha value is -1.88. The van der Waals surface area contributed by atoms with Gasteiger partial charge in [-0.3, -0.25) is 9.59 Å². The molecule has 0 saturated heterocycles. The number of methoxy groups -OCH3 is 1. The van der Waals surface area contributed by atoms with Gasteiger partial charge in [0.1, 0.15) is 5.75 Å². The van der Waals surface area contributed by atoms with Crippen molar-refractivity contribution >= 4 is 11.8 Å². The van der Waals surface area contributed by atoms with Crippen molar-refractivity contribution in [3.05, 3.63) is 29.3 Å². The summed E-state index contributed by atoms with van der Waals surface area (Å²) in [5.41, 5.74) is 0.955. The third-order valence-electron chi connectivity index (χ3n) is 2.92. The van der Waals surface area contributed by atoms with Crippen molar-refractivity contribution in [3.63, 3.8) is 0 Å². The van der Waals surface area contributed by atoms with Crippen LogP contribution in [0.5, 0.6) is 5.75 Å². The molecule has 21 heavy (non-hydrogen) atoms. The molecule has 1 aromatic rings. The standard InChI is InChI=1S/C16H23NO4/c1-10-6-7-13(21-5)11(8-10)15(20)12(9-14(18)19)17-16(2,3)4/h6-8,12,17H,9H2,1-5H3,(H,18,19). The number of Topliss-reactive ketones (excluding diaryl/α,β-unsaturated/α-hetero) is 1. The van der Waals surface area contributed by atoms with Crippen molar-refractivity contribution in [2.75, 3.05) is 7.11 Å². The summed E-state index contributed by atoms with van der Waals surface area (Å²) in [6.45, 7) is 7.55. The second-order valence-corrected chi connectivity index (χ2v) is 6.11. The van der Waals surface area contributed by atoms with Crippen molar-refractivity contribution in [1.82, 2.24) is 5.32 Å². The van der Waals surface area contributed by atoms with Crippen LogP contribution in [0.15, 0.2) is 18.2 Å². The first-order valence-electron chi connectivity index (χ1n) is 6.82. The number of carbonyl (C=O) groups excluding carboxylic acids is 1. The van der Waals surface area contributed by atoms with Gasteiger partial charge in [-0.2, -0.15) is 0 Å². The Labute approximate surface area is 125 Å². The summed E-state index contributed by atoms with van der Waals surface area (Å²) in [6.07, 6.45) is -0.271. The number of aryl methyl sites for hydroxylation is 1. The van der Waals surface area contributed by atoms with Crippen molar-refractivity contribution < 1.29 is 19.4 Å². The Morgan fingerprint density at radius 1 is 1.33 bits per heavy atom. The summed E-state index contributed by atoms with van der Waals surface area (Å²) in [4.78, 5) is 23.7. The molecule has 0 aliphatic heterocycles. The van der Waals surface area contributed by atoms with Crippen LogP contribution in [0.4, 0.5) is 0 Å². The molecule has 0 aromatic heterocycles. The minimum Gasteiger partial charge on any atom is -0.496 e. The highest BCUT2D eigenvalue weighted by Gasteiger charge is 2.28. The van der Waals surface area contributed by atoms with E-state index in [1.54, 1.807) is 12.1 Å². The lowest BCUT2D eigenvalue weighted by molar-refractivity contribution is -0.137. The zero-order chi connectivity index (χ0) is 16.2. The Morgan fingerprint density at radius 3 is 2.43 bits per heavy atom. The number of ketones is 1. The number of hydrogen-bond acceptors (Lipinski definition) is 4. The highest BCUT2D eigenvalue weighted by atomic mass is 16.5. The quantitative estimate of drug-likeness (QED) is 0.788. The largest absolute Gasteiger partial charge is 0.496 e. The van der Waals surface area contributed by atoms with Crippen LogP contribution < -0.4 is 10.1 Å². The third kappa shape index (κ3) is 5.19. The molecular weight excluding hydrogens is 270 g/mol. The van der Waals surface area contributed by atoms with Gasteiger partial charge in [-0.1, -0.05) is 11.6 Å². The molecule has 5 nitrogen and oxygen atoms in total. The molecule has 0 aliphatic rings. The van der Waals surface area contributed by atoms with Gasteiger partial charge < -0.3 is 15.2 Å². The van der Waals surface area contributed by atoms with E-state index in [2.05, 4.69) is 5.32 Å². The van der Waals surface area contributed by atoms with Gasteiger partial charge in [0, 0.05) is 5.54 Å². The van der Waals surface area contributed by atoms with E-state index in [1.165, 1.54) is 7.11 Å². The molecule has 0 saturated carbocycles. The molecule has 0 fully saturated rings. The molecule has 1 atom stereocenters. The molecule has 5 heteroatoms. The Kier molecular flexibility index (Phi) is 5.49. The van der Waals surface area contributed by atoms with E-state index in [-0.39, 0.29) is 17.7 Å². The first-order chi connectivity index (χ1) is 9.64. The Morgan fingerprint density at radius 2 is 1.95 bits per heavy atom. The summed E-state index contributed by atoms with van der Waals surface area (Å²) in [7, 11) is 1.49.